The van der Waals surface area contributed by atoms with Crippen molar-refractivity contribution in [2.45, 2.75) is 303 Å². The minimum atomic E-state index is -0.775. The van der Waals surface area contributed by atoms with Gasteiger partial charge in [0.1, 0.15) is 13.2 Å². The van der Waals surface area contributed by atoms with E-state index in [4.69, 9.17) is 14.2 Å². The van der Waals surface area contributed by atoms with Crippen LogP contribution < -0.4 is 0 Å². The normalized spacial score (nSPS) is 12.2. The number of carbonyl (C=O) groups is 3. The highest BCUT2D eigenvalue weighted by Crippen LogP contribution is 2.16. The van der Waals surface area contributed by atoms with Crippen LogP contribution in [0.4, 0.5) is 0 Å². The number of unbranched alkanes of at least 4 members (excludes halogenated alkanes) is 34. The highest BCUT2D eigenvalue weighted by Gasteiger charge is 2.19. The Kier molecular flexibility index (Phi) is 51.3. The van der Waals surface area contributed by atoms with Crippen LogP contribution in [0.3, 0.4) is 0 Å². The molecular formula is C58H106O6. The van der Waals surface area contributed by atoms with Gasteiger partial charge >= 0.3 is 17.9 Å². The molecule has 0 saturated carbocycles. The Balaban J connectivity index is 4.36. The Bertz CT molecular complexity index is 1080. The topological polar surface area (TPSA) is 78.9 Å². The Morgan fingerprint density at radius 2 is 0.562 bits per heavy atom. The zero-order valence-corrected chi connectivity index (χ0v) is 42.8. The predicted molar refractivity (Wildman–Crippen MR) is 275 cm³/mol. The van der Waals surface area contributed by atoms with E-state index in [1.807, 2.05) is 0 Å². The fourth-order valence-electron chi connectivity index (χ4n) is 8.12. The quantitative estimate of drug-likeness (QED) is 0.0262. The summed E-state index contributed by atoms with van der Waals surface area (Å²) in [5, 5.41) is 0. The van der Waals surface area contributed by atoms with Crippen LogP contribution in [0.2, 0.25) is 0 Å². The lowest BCUT2D eigenvalue weighted by Gasteiger charge is -2.18. The zero-order chi connectivity index (χ0) is 46.5. The van der Waals surface area contributed by atoms with Crippen molar-refractivity contribution in [3.05, 3.63) is 36.5 Å². The lowest BCUT2D eigenvalue weighted by molar-refractivity contribution is -0.167. The lowest BCUT2D eigenvalue weighted by atomic mass is 10.0. The van der Waals surface area contributed by atoms with Crippen LogP contribution >= 0.6 is 0 Å². The molecule has 0 aliphatic rings. The highest BCUT2D eigenvalue weighted by molar-refractivity contribution is 5.71. The Hall–Kier alpha value is -2.37. The monoisotopic (exact) mass is 899 g/mol. The number of rotatable bonds is 51. The lowest BCUT2D eigenvalue weighted by Crippen LogP contribution is -2.30. The summed E-state index contributed by atoms with van der Waals surface area (Å²) in [6.07, 6.45) is 62.7. The maximum atomic E-state index is 12.8. The maximum absolute atomic E-state index is 12.8. The molecule has 0 rings (SSSR count). The van der Waals surface area contributed by atoms with Gasteiger partial charge in [-0.05, 0) is 77.0 Å². The second-order valence-electron chi connectivity index (χ2n) is 18.8. The van der Waals surface area contributed by atoms with Crippen LogP contribution in [0, 0.1) is 0 Å². The summed E-state index contributed by atoms with van der Waals surface area (Å²) in [5.41, 5.74) is 0. The molecule has 1 unspecified atom stereocenters. The van der Waals surface area contributed by atoms with Gasteiger partial charge < -0.3 is 14.2 Å². The van der Waals surface area contributed by atoms with E-state index in [2.05, 4.69) is 57.2 Å². The van der Waals surface area contributed by atoms with Gasteiger partial charge in [-0.1, -0.05) is 237 Å². The molecule has 0 heterocycles. The maximum Gasteiger partial charge on any atom is 0.306 e. The van der Waals surface area contributed by atoms with Crippen LogP contribution in [0.15, 0.2) is 36.5 Å². The summed E-state index contributed by atoms with van der Waals surface area (Å²) >= 11 is 0. The van der Waals surface area contributed by atoms with Gasteiger partial charge in [-0.15, -0.1) is 0 Å². The van der Waals surface area contributed by atoms with Crippen LogP contribution in [0.1, 0.15) is 297 Å². The molecule has 6 heteroatoms. The van der Waals surface area contributed by atoms with E-state index >= 15 is 0 Å². The summed E-state index contributed by atoms with van der Waals surface area (Å²) in [6.45, 7) is 6.63. The van der Waals surface area contributed by atoms with Crippen molar-refractivity contribution in [2.24, 2.45) is 0 Å². The largest absolute Gasteiger partial charge is 0.462 e. The summed E-state index contributed by atoms with van der Waals surface area (Å²) in [4.78, 5) is 38.1. The molecule has 0 aliphatic carbocycles. The first-order valence-corrected chi connectivity index (χ1v) is 28.0. The standard InChI is InChI=1S/C58H106O6/c1-4-7-10-13-16-19-22-25-28-29-31-33-36-39-42-45-48-51-57(60)63-54-55(53-62-56(59)50-47-44-41-38-35-32-27-24-21-18-15-12-9-6-3)64-58(61)52-49-46-43-40-37-34-30-26-23-20-17-14-11-8-5-2/h16,19,24-25,27-28,55H,4-15,17-18,20-23,26,29-54H2,1-3H3/b19-16-,27-24-,28-25-. The van der Waals surface area contributed by atoms with Gasteiger partial charge in [0.05, 0.1) is 0 Å². The van der Waals surface area contributed by atoms with Gasteiger partial charge in [-0.2, -0.15) is 0 Å². The minimum absolute atomic E-state index is 0.0757. The second-order valence-corrected chi connectivity index (χ2v) is 18.8. The number of esters is 3. The van der Waals surface area contributed by atoms with Gasteiger partial charge in [-0.3, -0.25) is 14.4 Å². The van der Waals surface area contributed by atoms with Crippen molar-refractivity contribution >= 4 is 17.9 Å². The highest BCUT2D eigenvalue weighted by atomic mass is 16.6. The Morgan fingerprint density at radius 1 is 0.312 bits per heavy atom. The molecule has 0 saturated heterocycles. The first kappa shape index (κ1) is 61.6. The molecule has 0 aromatic heterocycles. The van der Waals surface area contributed by atoms with Gasteiger partial charge in [0.2, 0.25) is 0 Å². The third-order valence-electron chi connectivity index (χ3n) is 12.4. The molecular weight excluding hydrogens is 793 g/mol. The molecule has 0 N–H and O–H groups in total. The van der Waals surface area contributed by atoms with E-state index in [0.29, 0.717) is 19.3 Å². The van der Waals surface area contributed by atoms with Gasteiger partial charge in [0.25, 0.3) is 0 Å². The SMILES string of the molecule is CCCCC/C=C\C/C=C\CCCCCCCCCC(=O)OCC(COC(=O)CCCCCCC/C=C\CCCCCCC)OC(=O)CCCCCCCCCCCCCCCCC. The molecule has 374 valence electrons. The number of hydrogen-bond acceptors (Lipinski definition) is 6. The van der Waals surface area contributed by atoms with E-state index < -0.39 is 6.10 Å². The minimum Gasteiger partial charge on any atom is -0.462 e. The molecule has 0 aromatic carbocycles. The number of ether oxygens (including phenoxy) is 3. The number of carbonyl (C=O) groups excluding carboxylic acids is 3. The van der Waals surface area contributed by atoms with Crippen molar-refractivity contribution in [2.75, 3.05) is 13.2 Å². The van der Waals surface area contributed by atoms with Crippen LogP contribution in [0.25, 0.3) is 0 Å². The fourth-order valence-corrected chi connectivity index (χ4v) is 8.12. The molecule has 0 spiro atoms. The summed E-state index contributed by atoms with van der Waals surface area (Å²) in [6, 6.07) is 0. The molecule has 1 atom stereocenters. The first-order valence-electron chi connectivity index (χ1n) is 28.0. The van der Waals surface area contributed by atoms with Crippen molar-refractivity contribution in [3.63, 3.8) is 0 Å². The van der Waals surface area contributed by atoms with Gasteiger partial charge in [0, 0.05) is 19.3 Å². The van der Waals surface area contributed by atoms with E-state index in [1.165, 1.54) is 180 Å². The molecule has 0 radical (unpaired) electrons. The summed E-state index contributed by atoms with van der Waals surface area (Å²) in [5.74, 6) is -0.876. The Morgan fingerprint density at radius 3 is 0.906 bits per heavy atom. The molecule has 0 fully saturated rings. The number of allylic oxidation sites excluding steroid dienone is 6. The van der Waals surface area contributed by atoms with Gasteiger partial charge in [0.15, 0.2) is 6.10 Å². The third-order valence-corrected chi connectivity index (χ3v) is 12.4. The molecule has 0 aromatic rings. The first-order chi connectivity index (χ1) is 31.5. The van der Waals surface area contributed by atoms with Crippen molar-refractivity contribution in [1.29, 1.82) is 0 Å². The molecule has 0 amide bonds. The van der Waals surface area contributed by atoms with E-state index in [1.54, 1.807) is 0 Å². The van der Waals surface area contributed by atoms with Crippen LogP contribution in [0.5, 0.6) is 0 Å². The van der Waals surface area contributed by atoms with Crippen molar-refractivity contribution in [3.8, 4) is 0 Å². The third kappa shape index (κ3) is 50.6. The number of hydrogen-bond donors (Lipinski definition) is 0. The molecule has 64 heavy (non-hydrogen) atoms. The van der Waals surface area contributed by atoms with Crippen LogP contribution in [-0.4, -0.2) is 37.2 Å². The van der Waals surface area contributed by atoms with Gasteiger partial charge in [-0.25, -0.2) is 0 Å². The Labute approximate surface area is 397 Å². The molecule has 6 nitrogen and oxygen atoms in total. The average molecular weight is 899 g/mol. The zero-order valence-electron chi connectivity index (χ0n) is 42.8. The van der Waals surface area contributed by atoms with E-state index in [-0.39, 0.29) is 31.1 Å². The van der Waals surface area contributed by atoms with Crippen molar-refractivity contribution < 1.29 is 28.6 Å². The fraction of sp³-hybridized carbons (Fsp3) is 0.845. The molecule has 0 bridgehead atoms. The predicted octanol–water partition coefficient (Wildman–Crippen LogP) is 18.5. The van der Waals surface area contributed by atoms with Crippen LogP contribution in [-0.2, 0) is 28.6 Å². The van der Waals surface area contributed by atoms with E-state index in [9.17, 15) is 14.4 Å². The summed E-state index contributed by atoms with van der Waals surface area (Å²) < 4.78 is 16.8. The smallest absolute Gasteiger partial charge is 0.306 e. The second kappa shape index (κ2) is 53.2. The van der Waals surface area contributed by atoms with E-state index in [0.717, 1.165) is 77.0 Å². The average Bonchev–Trinajstić information content (AvgIpc) is 3.29. The molecule has 0 aliphatic heterocycles. The van der Waals surface area contributed by atoms with Crippen molar-refractivity contribution in [1.82, 2.24) is 0 Å². The summed E-state index contributed by atoms with van der Waals surface area (Å²) in [7, 11) is 0.